The highest BCUT2D eigenvalue weighted by Crippen LogP contribution is 2.41. The highest BCUT2D eigenvalue weighted by molar-refractivity contribution is 6.05. The monoisotopic (exact) mass is 411 g/mol. The van der Waals surface area contributed by atoms with Gasteiger partial charge in [0.05, 0.1) is 30.2 Å². The van der Waals surface area contributed by atoms with Crippen LogP contribution >= 0.6 is 0 Å². The van der Waals surface area contributed by atoms with E-state index in [2.05, 4.69) is 20.2 Å². The summed E-state index contributed by atoms with van der Waals surface area (Å²) >= 11 is 0. The predicted octanol–water partition coefficient (Wildman–Crippen LogP) is 3.04. The molecule has 1 atom stereocenters. The highest BCUT2D eigenvalue weighted by Gasteiger charge is 2.38. The summed E-state index contributed by atoms with van der Waals surface area (Å²) in [4.78, 5) is 36.5. The van der Waals surface area contributed by atoms with Gasteiger partial charge in [0.15, 0.2) is 11.6 Å². The summed E-state index contributed by atoms with van der Waals surface area (Å²) < 4.78 is 5.29. The Morgan fingerprint density at radius 3 is 2.60 bits per heavy atom. The lowest BCUT2D eigenvalue weighted by Gasteiger charge is -2.43. The zero-order valence-corrected chi connectivity index (χ0v) is 17.3. The lowest BCUT2D eigenvalue weighted by atomic mass is 10.0. The Hall–Kier alpha value is -3.36. The fourth-order valence-corrected chi connectivity index (χ4v) is 4.33. The molecule has 3 heterocycles. The number of amides is 1. The van der Waals surface area contributed by atoms with E-state index in [4.69, 9.17) is 9.84 Å². The molecule has 0 spiro atoms. The molecule has 0 saturated heterocycles. The van der Waals surface area contributed by atoms with Crippen LogP contribution in [0.5, 0.6) is 5.75 Å². The minimum Gasteiger partial charge on any atom is -0.493 e. The molecule has 0 radical (unpaired) electrons. The van der Waals surface area contributed by atoms with Crippen molar-refractivity contribution in [1.82, 2.24) is 9.97 Å². The van der Waals surface area contributed by atoms with Gasteiger partial charge in [-0.05, 0) is 19.8 Å². The van der Waals surface area contributed by atoms with Crippen LogP contribution in [0.1, 0.15) is 43.0 Å². The number of methoxy groups -OCH3 is 1. The minimum atomic E-state index is -1.08. The normalized spacial score (nSPS) is 19.0. The van der Waals surface area contributed by atoms with Gasteiger partial charge in [0.2, 0.25) is 5.91 Å². The average molecular weight is 411 g/mol. The second-order valence-electron chi connectivity index (χ2n) is 7.68. The quantitative estimate of drug-likeness (QED) is 0.773. The van der Waals surface area contributed by atoms with Crippen molar-refractivity contribution in [1.29, 1.82) is 0 Å². The summed E-state index contributed by atoms with van der Waals surface area (Å²) in [6.07, 6.45) is 7.42. The zero-order chi connectivity index (χ0) is 21.4. The van der Waals surface area contributed by atoms with Crippen LogP contribution in [0.4, 0.5) is 23.0 Å². The number of pyridine rings is 2. The Balaban J connectivity index is 1.71. The number of carboxylic acids is 1. The maximum absolute atomic E-state index is 12.8. The number of ether oxygens (including phenoxy) is 1. The van der Waals surface area contributed by atoms with Crippen molar-refractivity contribution in [3.8, 4) is 5.75 Å². The van der Waals surface area contributed by atoms with Gasteiger partial charge in [-0.2, -0.15) is 0 Å². The Morgan fingerprint density at radius 2 is 1.93 bits per heavy atom. The number of likely N-dealkylation sites (N-methyl/N-ethyl adjacent to an activating group) is 1. The minimum absolute atomic E-state index is 0.0390. The second kappa shape index (κ2) is 7.81. The number of carbonyl (C=O) groups is 2. The van der Waals surface area contributed by atoms with Crippen LogP contribution in [0.25, 0.3) is 0 Å². The van der Waals surface area contributed by atoms with Crippen molar-refractivity contribution in [2.24, 2.45) is 0 Å². The molecule has 9 nitrogen and oxygen atoms in total. The molecule has 1 saturated carbocycles. The smallest absolute Gasteiger partial charge is 0.337 e. The number of anilines is 4. The summed E-state index contributed by atoms with van der Waals surface area (Å²) in [7, 11) is 3.23. The third kappa shape index (κ3) is 3.40. The number of hydrogen-bond acceptors (Lipinski definition) is 7. The number of fused-ring (bicyclic) bond motifs is 1. The number of nitrogens with one attached hydrogen (secondary N) is 1. The first-order valence-electron chi connectivity index (χ1n) is 10.0. The van der Waals surface area contributed by atoms with E-state index in [0.717, 1.165) is 24.2 Å². The fraction of sp³-hybridized carbons (Fsp3) is 0.429. The van der Waals surface area contributed by atoms with Crippen LogP contribution in [0.2, 0.25) is 0 Å². The van der Waals surface area contributed by atoms with Gasteiger partial charge in [0, 0.05) is 31.4 Å². The summed E-state index contributed by atoms with van der Waals surface area (Å²) in [6.45, 7) is 1.95. The highest BCUT2D eigenvalue weighted by atomic mass is 16.5. The van der Waals surface area contributed by atoms with Gasteiger partial charge >= 0.3 is 5.97 Å². The third-order valence-electron chi connectivity index (χ3n) is 5.89. The number of carboxylic acid groups (broad SMARTS) is 1. The van der Waals surface area contributed by atoms with E-state index in [-0.39, 0.29) is 17.5 Å². The molecular weight excluding hydrogens is 386 g/mol. The maximum atomic E-state index is 12.8. The number of carbonyl (C=O) groups excluding carboxylic acids is 1. The SMILES string of the molecule is COc1cc(C(=O)O)cnc1Nc1cc2c(cn1)N(C)C(=O)C(C)N2C1CCCC1. The van der Waals surface area contributed by atoms with Crippen molar-refractivity contribution in [3.05, 3.63) is 30.1 Å². The first-order valence-corrected chi connectivity index (χ1v) is 10.0. The lowest BCUT2D eigenvalue weighted by molar-refractivity contribution is -0.119. The molecule has 2 aromatic heterocycles. The van der Waals surface area contributed by atoms with Gasteiger partial charge in [-0.25, -0.2) is 14.8 Å². The topological polar surface area (TPSA) is 108 Å². The second-order valence-corrected chi connectivity index (χ2v) is 7.68. The Kier molecular flexibility index (Phi) is 5.19. The number of aromatic carboxylic acids is 1. The summed E-state index contributed by atoms with van der Waals surface area (Å²) in [5, 5.41) is 12.3. The van der Waals surface area contributed by atoms with Crippen molar-refractivity contribution in [2.45, 2.75) is 44.7 Å². The first kappa shape index (κ1) is 19.9. The van der Waals surface area contributed by atoms with Gasteiger partial charge in [-0.1, -0.05) is 12.8 Å². The van der Waals surface area contributed by atoms with E-state index in [9.17, 15) is 9.59 Å². The Morgan fingerprint density at radius 1 is 1.20 bits per heavy atom. The fourth-order valence-electron chi connectivity index (χ4n) is 4.33. The molecule has 0 bridgehead atoms. The molecule has 158 valence electrons. The van der Waals surface area contributed by atoms with Gasteiger partial charge in [0.1, 0.15) is 11.9 Å². The van der Waals surface area contributed by atoms with Gasteiger partial charge in [-0.15, -0.1) is 0 Å². The predicted molar refractivity (Wildman–Crippen MR) is 113 cm³/mol. The van der Waals surface area contributed by atoms with E-state index in [1.165, 1.54) is 32.2 Å². The lowest BCUT2D eigenvalue weighted by Crippen LogP contribution is -2.54. The Bertz CT molecular complexity index is 989. The molecule has 4 rings (SSSR count). The maximum Gasteiger partial charge on any atom is 0.337 e. The van der Waals surface area contributed by atoms with Crippen LogP contribution in [-0.4, -0.2) is 53.2 Å². The summed E-state index contributed by atoms with van der Waals surface area (Å²) in [5.41, 5.74) is 1.77. The molecule has 1 aliphatic heterocycles. The van der Waals surface area contributed by atoms with Crippen LogP contribution in [0.15, 0.2) is 24.5 Å². The molecular formula is C21H25N5O4. The largest absolute Gasteiger partial charge is 0.493 e. The van der Waals surface area contributed by atoms with Crippen LogP contribution in [0.3, 0.4) is 0 Å². The zero-order valence-electron chi connectivity index (χ0n) is 17.3. The van der Waals surface area contributed by atoms with Gasteiger partial charge < -0.3 is 25.0 Å². The molecule has 2 aliphatic rings. The first-order chi connectivity index (χ1) is 14.4. The number of hydrogen-bond donors (Lipinski definition) is 2. The molecule has 0 aromatic carbocycles. The van der Waals surface area contributed by atoms with Crippen LogP contribution in [0, 0.1) is 0 Å². The van der Waals surface area contributed by atoms with Crippen molar-refractivity contribution in [2.75, 3.05) is 29.3 Å². The van der Waals surface area contributed by atoms with Crippen molar-refractivity contribution >= 4 is 34.9 Å². The summed E-state index contributed by atoms with van der Waals surface area (Å²) in [5.74, 6) is 0.205. The molecule has 9 heteroatoms. The van der Waals surface area contributed by atoms with Crippen molar-refractivity contribution < 1.29 is 19.4 Å². The number of nitrogens with zero attached hydrogens (tertiary/aromatic N) is 4. The molecule has 1 aliphatic carbocycles. The molecule has 1 unspecified atom stereocenters. The standard InChI is InChI=1S/C21H25N5O4/c1-12-20(27)25(2)16-11-22-18(9-15(16)26(12)14-6-4-5-7-14)24-19-17(30-3)8-13(10-23-19)21(28)29/h8-12,14H,4-7H2,1-3H3,(H,28,29)(H,22,23,24). The van der Waals surface area contributed by atoms with E-state index in [0.29, 0.717) is 23.4 Å². The van der Waals surface area contributed by atoms with Crippen molar-refractivity contribution in [3.63, 3.8) is 0 Å². The van der Waals surface area contributed by atoms with Crippen LogP contribution in [-0.2, 0) is 4.79 Å². The average Bonchev–Trinajstić information content (AvgIpc) is 3.26. The molecule has 2 aromatic rings. The van der Waals surface area contributed by atoms with E-state index < -0.39 is 5.97 Å². The van der Waals surface area contributed by atoms with Gasteiger partial charge in [-0.3, -0.25) is 4.79 Å². The van der Waals surface area contributed by atoms with Gasteiger partial charge in [0.25, 0.3) is 0 Å². The molecule has 1 amide bonds. The molecule has 2 N–H and O–H groups in total. The van der Waals surface area contributed by atoms with E-state index in [1.807, 2.05) is 13.0 Å². The third-order valence-corrected chi connectivity index (χ3v) is 5.89. The number of rotatable bonds is 5. The van der Waals surface area contributed by atoms with E-state index in [1.54, 1.807) is 18.1 Å². The van der Waals surface area contributed by atoms with E-state index >= 15 is 0 Å². The number of aromatic nitrogens is 2. The van der Waals surface area contributed by atoms with Crippen LogP contribution < -0.4 is 19.9 Å². The summed E-state index contributed by atoms with van der Waals surface area (Å²) in [6, 6.07) is 3.41. The Labute approximate surface area is 174 Å². The molecule has 30 heavy (non-hydrogen) atoms. The molecule has 1 fully saturated rings.